The van der Waals surface area contributed by atoms with Crippen molar-refractivity contribution in [2.75, 3.05) is 0 Å². The van der Waals surface area contributed by atoms with E-state index in [1.54, 1.807) is 25.1 Å². The van der Waals surface area contributed by atoms with Crippen LogP contribution in [0.5, 0.6) is 5.75 Å². The van der Waals surface area contributed by atoms with Gasteiger partial charge in [0.1, 0.15) is 11.3 Å². The first-order chi connectivity index (χ1) is 8.59. The van der Waals surface area contributed by atoms with Crippen LogP contribution in [0.3, 0.4) is 0 Å². The summed E-state index contributed by atoms with van der Waals surface area (Å²) in [5.41, 5.74) is 1.71. The molecule has 3 nitrogen and oxygen atoms in total. The second kappa shape index (κ2) is 3.60. The molecule has 2 aromatic carbocycles. The Kier molecular flexibility index (Phi) is 2.17. The van der Waals surface area contributed by atoms with Gasteiger partial charge in [0.05, 0.1) is 5.39 Å². The Morgan fingerprint density at radius 3 is 2.61 bits per heavy atom. The second-order valence-electron chi connectivity index (χ2n) is 4.47. The topological polar surface area (TPSA) is 50.4 Å². The van der Waals surface area contributed by atoms with Crippen molar-refractivity contribution in [3.8, 4) is 5.75 Å². The van der Waals surface area contributed by atoms with Crippen molar-refractivity contribution >= 4 is 21.7 Å². The third-order valence-electron chi connectivity index (χ3n) is 3.33. The van der Waals surface area contributed by atoms with Gasteiger partial charge in [0.25, 0.3) is 0 Å². The number of rotatable bonds is 0. The van der Waals surface area contributed by atoms with Crippen LogP contribution in [0.2, 0.25) is 0 Å². The highest BCUT2D eigenvalue weighted by Gasteiger charge is 2.12. The number of hydrogen-bond acceptors (Lipinski definition) is 3. The van der Waals surface area contributed by atoms with Gasteiger partial charge in [-0.25, -0.2) is 4.79 Å². The molecule has 0 atom stereocenters. The smallest absolute Gasteiger partial charge is 0.344 e. The van der Waals surface area contributed by atoms with Crippen LogP contribution in [-0.4, -0.2) is 5.11 Å². The predicted octanol–water partition coefficient (Wildman–Crippen LogP) is 3.27. The number of aromatic hydroxyl groups is 1. The lowest BCUT2D eigenvalue weighted by Crippen LogP contribution is -2.01. The van der Waals surface area contributed by atoms with E-state index >= 15 is 0 Å². The summed E-state index contributed by atoms with van der Waals surface area (Å²) in [7, 11) is 0. The van der Waals surface area contributed by atoms with Crippen LogP contribution >= 0.6 is 0 Å². The normalized spacial score (nSPS) is 11.2. The summed E-state index contributed by atoms with van der Waals surface area (Å²) in [4.78, 5) is 12.0. The summed E-state index contributed by atoms with van der Waals surface area (Å²) in [5, 5.41) is 12.0. The van der Waals surface area contributed by atoms with Crippen molar-refractivity contribution in [2.24, 2.45) is 0 Å². The first-order valence-electron chi connectivity index (χ1n) is 5.74. The molecule has 90 valence electrons. The van der Waals surface area contributed by atoms with Crippen molar-refractivity contribution in [3.05, 3.63) is 51.9 Å². The average Bonchev–Trinajstić information content (AvgIpc) is 2.35. The van der Waals surface area contributed by atoms with E-state index in [0.29, 0.717) is 16.5 Å². The van der Waals surface area contributed by atoms with E-state index in [0.717, 1.165) is 16.3 Å². The van der Waals surface area contributed by atoms with E-state index in [1.165, 1.54) is 0 Å². The monoisotopic (exact) mass is 240 g/mol. The molecule has 1 heterocycles. The summed E-state index contributed by atoms with van der Waals surface area (Å²) in [5.74, 6) is 0.138. The van der Waals surface area contributed by atoms with Crippen LogP contribution in [0.1, 0.15) is 11.1 Å². The van der Waals surface area contributed by atoms with Crippen LogP contribution in [0, 0.1) is 13.8 Å². The van der Waals surface area contributed by atoms with Gasteiger partial charge < -0.3 is 9.52 Å². The Balaban J connectivity index is 2.71. The zero-order chi connectivity index (χ0) is 12.9. The highest BCUT2D eigenvalue weighted by Crippen LogP contribution is 2.31. The van der Waals surface area contributed by atoms with Crippen molar-refractivity contribution in [3.63, 3.8) is 0 Å². The Hall–Kier alpha value is -2.29. The summed E-state index contributed by atoms with van der Waals surface area (Å²) >= 11 is 0. The van der Waals surface area contributed by atoms with Crippen molar-refractivity contribution in [1.82, 2.24) is 0 Å². The molecule has 0 aliphatic rings. The minimum Gasteiger partial charge on any atom is -0.508 e. The number of fused-ring (bicyclic) bond motifs is 3. The van der Waals surface area contributed by atoms with Gasteiger partial charge in [0, 0.05) is 16.3 Å². The first-order valence-corrected chi connectivity index (χ1v) is 5.74. The maximum Gasteiger partial charge on any atom is 0.344 e. The van der Waals surface area contributed by atoms with Crippen LogP contribution in [0.15, 0.2) is 39.5 Å². The number of benzene rings is 2. The largest absolute Gasteiger partial charge is 0.508 e. The summed E-state index contributed by atoms with van der Waals surface area (Å²) in [6.07, 6.45) is 0. The number of phenolic OH excluding ortho intramolecular Hbond substituents is 1. The molecule has 0 aliphatic carbocycles. The van der Waals surface area contributed by atoms with Gasteiger partial charge in [-0.2, -0.15) is 0 Å². The average molecular weight is 240 g/mol. The molecule has 0 bridgehead atoms. The fourth-order valence-electron chi connectivity index (χ4n) is 2.35. The van der Waals surface area contributed by atoms with Crippen LogP contribution in [-0.2, 0) is 0 Å². The summed E-state index contributed by atoms with van der Waals surface area (Å²) < 4.78 is 5.33. The van der Waals surface area contributed by atoms with Gasteiger partial charge in [-0.05, 0) is 37.6 Å². The molecule has 0 saturated carbocycles. The van der Waals surface area contributed by atoms with Crippen molar-refractivity contribution in [2.45, 2.75) is 13.8 Å². The maximum atomic E-state index is 12.0. The van der Waals surface area contributed by atoms with E-state index < -0.39 is 0 Å². The van der Waals surface area contributed by atoms with Crippen LogP contribution in [0.4, 0.5) is 0 Å². The van der Waals surface area contributed by atoms with E-state index in [-0.39, 0.29) is 11.4 Å². The lowest BCUT2D eigenvalue weighted by molar-refractivity contribution is 0.468. The lowest BCUT2D eigenvalue weighted by atomic mass is 10.0. The molecule has 3 rings (SSSR count). The standard InChI is InChI=1S/C15H12O3/c1-8-4-3-5-11-13(8)10-6-7-12(16)9(2)14(10)18-15(11)17/h3-7,16H,1-2H3. The molecule has 1 aromatic heterocycles. The molecule has 3 heteroatoms. The SMILES string of the molecule is Cc1c(O)ccc2c1oc(=O)c1cccc(C)c12. The van der Waals surface area contributed by atoms with Gasteiger partial charge in [-0.3, -0.25) is 0 Å². The number of hydrogen-bond donors (Lipinski definition) is 1. The zero-order valence-electron chi connectivity index (χ0n) is 10.2. The van der Waals surface area contributed by atoms with E-state index in [1.807, 2.05) is 19.1 Å². The molecule has 0 radical (unpaired) electrons. The van der Waals surface area contributed by atoms with Gasteiger partial charge in [-0.15, -0.1) is 0 Å². The third kappa shape index (κ3) is 1.34. The molecule has 0 amide bonds. The van der Waals surface area contributed by atoms with E-state index in [4.69, 9.17) is 4.42 Å². The Morgan fingerprint density at radius 1 is 1.06 bits per heavy atom. The summed E-state index contributed by atoms with van der Waals surface area (Å²) in [6.45, 7) is 3.70. The Morgan fingerprint density at radius 2 is 1.83 bits per heavy atom. The second-order valence-corrected chi connectivity index (χ2v) is 4.47. The minimum atomic E-state index is -0.366. The van der Waals surface area contributed by atoms with Crippen LogP contribution < -0.4 is 5.63 Å². The molecule has 3 aromatic rings. The molecule has 0 fully saturated rings. The summed E-state index contributed by atoms with van der Waals surface area (Å²) in [6, 6.07) is 8.98. The van der Waals surface area contributed by atoms with E-state index in [2.05, 4.69) is 0 Å². The molecular formula is C15H12O3. The maximum absolute atomic E-state index is 12.0. The number of phenols is 1. The fraction of sp³-hybridized carbons (Fsp3) is 0.133. The third-order valence-corrected chi connectivity index (χ3v) is 3.33. The fourth-order valence-corrected chi connectivity index (χ4v) is 2.35. The van der Waals surface area contributed by atoms with Gasteiger partial charge in [0.15, 0.2) is 0 Å². The lowest BCUT2D eigenvalue weighted by Gasteiger charge is -2.08. The highest BCUT2D eigenvalue weighted by atomic mass is 16.4. The quantitative estimate of drug-likeness (QED) is 0.484. The van der Waals surface area contributed by atoms with Gasteiger partial charge >= 0.3 is 5.63 Å². The molecule has 0 spiro atoms. The minimum absolute atomic E-state index is 0.138. The molecular weight excluding hydrogens is 228 g/mol. The van der Waals surface area contributed by atoms with Crippen LogP contribution in [0.25, 0.3) is 21.7 Å². The molecule has 18 heavy (non-hydrogen) atoms. The van der Waals surface area contributed by atoms with Crippen molar-refractivity contribution < 1.29 is 9.52 Å². The van der Waals surface area contributed by atoms with Gasteiger partial charge in [0.2, 0.25) is 0 Å². The first kappa shape index (κ1) is 10.8. The number of aryl methyl sites for hydroxylation is 2. The Labute approximate surface area is 103 Å². The zero-order valence-corrected chi connectivity index (χ0v) is 10.2. The van der Waals surface area contributed by atoms with Gasteiger partial charge in [-0.1, -0.05) is 12.1 Å². The predicted molar refractivity (Wildman–Crippen MR) is 71.1 cm³/mol. The molecule has 0 saturated heterocycles. The molecule has 1 N–H and O–H groups in total. The molecule has 0 aliphatic heterocycles. The Bertz CT molecular complexity index is 828. The van der Waals surface area contributed by atoms with Crippen molar-refractivity contribution in [1.29, 1.82) is 0 Å². The van der Waals surface area contributed by atoms with E-state index in [9.17, 15) is 9.90 Å². The highest BCUT2D eigenvalue weighted by molar-refractivity contribution is 6.07. The molecule has 0 unspecified atom stereocenters.